The van der Waals surface area contributed by atoms with Gasteiger partial charge in [-0.1, -0.05) is 35.0 Å². The average Bonchev–Trinajstić information content (AvgIpc) is 2.49. The second-order valence-corrected chi connectivity index (χ2v) is 7.02. The third kappa shape index (κ3) is 3.92. The predicted octanol–water partition coefficient (Wildman–Crippen LogP) is 3.84. The molecule has 0 aliphatic heterocycles. The number of rotatable bonds is 5. The summed E-state index contributed by atoms with van der Waals surface area (Å²) in [6.45, 7) is 1.74. The third-order valence-corrected chi connectivity index (χ3v) is 4.79. The molecule has 2 aromatic carbocycles. The summed E-state index contributed by atoms with van der Waals surface area (Å²) < 4.78 is 28.0. The summed E-state index contributed by atoms with van der Waals surface area (Å²) in [5, 5.41) is 0. The van der Waals surface area contributed by atoms with Crippen LogP contribution in [0.1, 0.15) is 23.7 Å². The number of sulfonamides is 1. The van der Waals surface area contributed by atoms with Crippen LogP contribution in [-0.4, -0.2) is 14.2 Å². The first-order valence-electron chi connectivity index (χ1n) is 6.34. The molecule has 0 aliphatic carbocycles. The van der Waals surface area contributed by atoms with Crippen LogP contribution in [0.3, 0.4) is 0 Å². The number of anilines is 1. The maximum Gasteiger partial charge on any atom is 0.261 e. The van der Waals surface area contributed by atoms with Crippen LogP contribution in [0.4, 0.5) is 5.69 Å². The lowest BCUT2D eigenvalue weighted by atomic mass is 10.1. The fourth-order valence-electron chi connectivity index (χ4n) is 1.77. The Balaban J connectivity index is 2.31. The summed E-state index contributed by atoms with van der Waals surface area (Å²) in [4.78, 5) is 11.7. The summed E-state index contributed by atoms with van der Waals surface area (Å²) in [6.07, 6.45) is 0.337. The second kappa shape index (κ2) is 6.41. The van der Waals surface area contributed by atoms with Gasteiger partial charge in [0.25, 0.3) is 10.0 Å². The Labute approximate surface area is 132 Å². The molecule has 0 saturated carbocycles. The van der Waals surface area contributed by atoms with Crippen LogP contribution in [0.15, 0.2) is 57.9 Å². The van der Waals surface area contributed by atoms with Crippen molar-refractivity contribution in [1.29, 1.82) is 0 Å². The van der Waals surface area contributed by atoms with Crippen LogP contribution in [0, 0.1) is 0 Å². The molecule has 21 heavy (non-hydrogen) atoms. The zero-order chi connectivity index (χ0) is 15.5. The fraction of sp³-hybridized carbons (Fsp3) is 0.133. The quantitative estimate of drug-likeness (QED) is 0.816. The molecule has 0 amide bonds. The van der Waals surface area contributed by atoms with Gasteiger partial charge in [-0.25, -0.2) is 8.42 Å². The summed E-state index contributed by atoms with van der Waals surface area (Å²) in [5.41, 5.74) is 0.863. The van der Waals surface area contributed by atoms with E-state index in [9.17, 15) is 13.2 Å². The first-order valence-corrected chi connectivity index (χ1v) is 8.61. The van der Waals surface area contributed by atoms with Crippen molar-refractivity contribution in [2.24, 2.45) is 0 Å². The Hall–Kier alpha value is -1.66. The lowest BCUT2D eigenvalue weighted by Crippen LogP contribution is -2.13. The highest BCUT2D eigenvalue weighted by Crippen LogP contribution is 2.19. The summed E-state index contributed by atoms with van der Waals surface area (Å²) in [6, 6.07) is 12.8. The predicted molar refractivity (Wildman–Crippen MR) is 86.0 cm³/mol. The van der Waals surface area contributed by atoms with Gasteiger partial charge < -0.3 is 0 Å². The van der Waals surface area contributed by atoms with E-state index < -0.39 is 10.0 Å². The highest BCUT2D eigenvalue weighted by Gasteiger charge is 2.16. The van der Waals surface area contributed by atoms with E-state index in [0.29, 0.717) is 17.7 Å². The first kappa shape index (κ1) is 15.7. The molecule has 0 radical (unpaired) electrons. The maximum atomic E-state index is 12.3. The molecular formula is C15H14BrNO3S. The second-order valence-electron chi connectivity index (χ2n) is 4.42. The van der Waals surface area contributed by atoms with Crippen molar-refractivity contribution in [1.82, 2.24) is 0 Å². The molecule has 0 fully saturated rings. The zero-order valence-electron chi connectivity index (χ0n) is 11.3. The topological polar surface area (TPSA) is 63.2 Å². The average molecular weight is 368 g/mol. The Bertz CT molecular complexity index is 755. The maximum absolute atomic E-state index is 12.3. The number of hydrogen-bond acceptors (Lipinski definition) is 3. The molecular weight excluding hydrogens is 354 g/mol. The van der Waals surface area contributed by atoms with Crippen molar-refractivity contribution in [2.45, 2.75) is 18.2 Å². The summed E-state index contributed by atoms with van der Waals surface area (Å²) in [7, 11) is -3.71. The van der Waals surface area contributed by atoms with E-state index in [2.05, 4.69) is 20.7 Å². The number of halogens is 1. The minimum absolute atomic E-state index is 0.0738. The van der Waals surface area contributed by atoms with Crippen LogP contribution in [-0.2, 0) is 10.0 Å². The van der Waals surface area contributed by atoms with Gasteiger partial charge in [-0.15, -0.1) is 0 Å². The van der Waals surface area contributed by atoms with E-state index in [1.54, 1.807) is 43.3 Å². The van der Waals surface area contributed by atoms with Gasteiger partial charge in [0.15, 0.2) is 5.78 Å². The van der Waals surface area contributed by atoms with E-state index in [1.807, 2.05) is 0 Å². The number of hydrogen-bond donors (Lipinski definition) is 1. The van der Waals surface area contributed by atoms with E-state index in [0.717, 1.165) is 4.47 Å². The van der Waals surface area contributed by atoms with Crippen LogP contribution in [0.5, 0.6) is 0 Å². The molecule has 0 bridgehead atoms. The Morgan fingerprint density at radius 3 is 2.43 bits per heavy atom. The highest BCUT2D eigenvalue weighted by molar-refractivity contribution is 9.10. The molecule has 0 spiro atoms. The fourth-order valence-corrected chi connectivity index (χ4v) is 3.14. The number of nitrogens with one attached hydrogen (secondary N) is 1. The highest BCUT2D eigenvalue weighted by atomic mass is 79.9. The lowest BCUT2D eigenvalue weighted by Gasteiger charge is -2.09. The van der Waals surface area contributed by atoms with Gasteiger partial charge in [-0.3, -0.25) is 9.52 Å². The van der Waals surface area contributed by atoms with Gasteiger partial charge in [-0.05, 0) is 36.4 Å². The van der Waals surface area contributed by atoms with E-state index in [4.69, 9.17) is 0 Å². The van der Waals surface area contributed by atoms with Crippen LogP contribution in [0.25, 0.3) is 0 Å². The summed E-state index contributed by atoms with van der Waals surface area (Å²) in [5.74, 6) is -0.0873. The molecule has 0 aromatic heterocycles. The molecule has 0 saturated heterocycles. The Kier molecular flexibility index (Phi) is 4.80. The molecule has 2 aromatic rings. The first-order chi connectivity index (χ1) is 9.92. The van der Waals surface area contributed by atoms with Crippen LogP contribution < -0.4 is 4.72 Å². The van der Waals surface area contributed by atoms with Crippen molar-refractivity contribution in [2.75, 3.05) is 4.72 Å². The third-order valence-electron chi connectivity index (χ3n) is 2.88. The van der Waals surface area contributed by atoms with E-state index in [1.165, 1.54) is 12.1 Å². The van der Waals surface area contributed by atoms with Gasteiger partial charge in [0.1, 0.15) is 0 Å². The smallest absolute Gasteiger partial charge is 0.261 e. The molecule has 2 rings (SSSR count). The minimum atomic E-state index is -3.71. The normalized spacial score (nSPS) is 11.1. The van der Waals surface area contributed by atoms with Crippen LogP contribution >= 0.6 is 15.9 Å². The number of ketones is 1. The Morgan fingerprint density at radius 1 is 1.14 bits per heavy atom. The molecule has 6 heteroatoms. The molecule has 0 aliphatic rings. The molecule has 110 valence electrons. The molecule has 0 atom stereocenters. The van der Waals surface area contributed by atoms with Crippen molar-refractivity contribution in [3.05, 3.63) is 58.6 Å². The van der Waals surface area contributed by atoms with Crippen molar-refractivity contribution in [3.8, 4) is 0 Å². The van der Waals surface area contributed by atoms with Crippen LogP contribution in [0.2, 0.25) is 0 Å². The van der Waals surface area contributed by atoms with E-state index >= 15 is 0 Å². The van der Waals surface area contributed by atoms with Gasteiger partial charge in [0.05, 0.1) is 4.90 Å². The molecule has 0 heterocycles. The van der Waals surface area contributed by atoms with Gasteiger partial charge >= 0.3 is 0 Å². The van der Waals surface area contributed by atoms with Gasteiger partial charge in [0.2, 0.25) is 0 Å². The molecule has 0 unspecified atom stereocenters. The number of Topliss-reactive ketones (excluding diaryl/α,β-unsaturated/α-hetero) is 1. The zero-order valence-corrected chi connectivity index (χ0v) is 13.7. The van der Waals surface area contributed by atoms with Gasteiger partial charge in [-0.2, -0.15) is 0 Å². The van der Waals surface area contributed by atoms with E-state index in [-0.39, 0.29) is 10.7 Å². The lowest BCUT2D eigenvalue weighted by molar-refractivity contribution is 0.0988. The SMILES string of the molecule is CCC(=O)c1cccc(S(=O)(=O)Nc2ccc(Br)cc2)c1. The molecule has 1 N–H and O–H groups in total. The monoisotopic (exact) mass is 367 g/mol. The largest absolute Gasteiger partial charge is 0.294 e. The minimum Gasteiger partial charge on any atom is -0.294 e. The van der Waals surface area contributed by atoms with Crippen molar-refractivity contribution in [3.63, 3.8) is 0 Å². The van der Waals surface area contributed by atoms with Crippen molar-refractivity contribution < 1.29 is 13.2 Å². The number of carbonyl (C=O) groups excluding carboxylic acids is 1. The molecule has 4 nitrogen and oxygen atoms in total. The van der Waals surface area contributed by atoms with Gasteiger partial charge in [0, 0.05) is 22.1 Å². The summed E-state index contributed by atoms with van der Waals surface area (Å²) >= 11 is 3.29. The Morgan fingerprint density at radius 2 is 1.81 bits per heavy atom. The number of benzene rings is 2. The number of carbonyl (C=O) groups is 1. The van der Waals surface area contributed by atoms with Crippen molar-refractivity contribution >= 4 is 37.4 Å². The standard InChI is InChI=1S/C15H14BrNO3S/c1-2-15(18)11-4-3-5-14(10-11)21(19,20)17-13-8-6-12(16)7-9-13/h3-10,17H,2H2,1H3.